The summed E-state index contributed by atoms with van der Waals surface area (Å²) in [6.45, 7) is 9.76. The fourth-order valence-corrected chi connectivity index (χ4v) is 4.43. The molecule has 0 aromatic heterocycles. The van der Waals surface area contributed by atoms with Crippen LogP contribution in [0.5, 0.6) is 0 Å². The van der Waals surface area contributed by atoms with Crippen LogP contribution in [0.3, 0.4) is 0 Å². The van der Waals surface area contributed by atoms with Gasteiger partial charge in [-0.3, -0.25) is 0 Å². The molecule has 0 aromatic carbocycles. The molecule has 19 heavy (non-hydrogen) atoms. The number of hydrogen-bond acceptors (Lipinski definition) is 2. The van der Waals surface area contributed by atoms with Gasteiger partial charge in [0.2, 0.25) is 0 Å². The first-order valence-electron chi connectivity index (χ1n) is 6.65. The second kappa shape index (κ2) is 4.81. The fraction of sp³-hybridized carbons (Fsp3) is 0.467. The molecule has 2 nitrogen and oxygen atoms in total. The molecule has 3 aliphatic heterocycles. The maximum Gasteiger partial charge on any atom is 0.0755 e. The van der Waals surface area contributed by atoms with E-state index in [1.165, 1.54) is 31.5 Å². The van der Waals surface area contributed by atoms with E-state index < -0.39 is 0 Å². The van der Waals surface area contributed by atoms with Crippen LogP contribution in [-0.2, 0) is 0 Å². The maximum absolute atomic E-state index is 3.80. The zero-order valence-corrected chi connectivity index (χ0v) is 14.7. The van der Waals surface area contributed by atoms with Crippen molar-refractivity contribution in [2.75, 3.05) is 19.6 Å². The minimum Gasteiger partial charge on any atom is -0.362 e. The smallest absolute Gasteiger partial charge is 0.0755 e. The van der Waals surface area contributed by atoms with E-state index in [1.54, 1.807) is 0 Å². The number of piperazine rings is 1. The molecular weight excluding hydrogens is 368 g/mol. The van der Waals surface area contributed by atoms with Gasteiger partial charge in [0.1, 0.15) is 0 Å². The summed E-state index contributed by atoms with van der Waals surface area (Å²) in [5.74, 6) is 0. The Morgan fingerprint density at radius 1 is 1.26 bits per heavy atom. The Bertz CT molecular complexity index is 554. The first kappa shape index (κ1) is 13.5. The largest absolute Gasteiger partial charge is 0.362 e. The predicted molar refractivity (Wildman–Crippen MR) is 87.2 cm³/mol. The minimum atomic E-state index is 0.554. The van der Waals surface area contributed by atoms with Crippen LogP contribution in [0.2, 0.25) is 0 Å². The summed E-state index contributed by atoms with van der Waals surface area (Å²) in [5.41, 5.74) is 5.39. The lowest BCUT2D eigenvalue weighted by Gasteiger charge is -2.48. The van der Waals surface area contributed by atoms with Gasteiger partial charge >= 0.3 is 0 Å². The third-order valence-electron chi connectivity index (χ3n) is 4.13. The lowest BCUT2D eigenvalue weighted by molar-refractivity contribution is 0.176. The van der Waals surface area contributed by atoms with Gasteiger partial charge in [-0.15, -0.1) is 0 Å². The number of nitrogens with zero attached hydrogens (tertiary/aromatic N) is 2. The zero-order valence-electron chi connectivity index (χ0n) is 11.5. The van der Waals surface area contributed by atoms with Crippen molar-refractivity contribution in [1.82, 2.24) is 9.80 Å². The van der Waals surface area contributed by atoms with Crippen molar-refractivity contribution in [3.05, 3.63) is 43.7 Å². The molecule has 1 fully saturated rings. The molecule has 1 saturated heterocycles. The molecule has 1 unspecified atom stereocenters. The third kappa shape index (κ3) is 2.13. The van der Waals surface area contributed by atoms with E-state index in [-0.39, 0.29) is 0 Å². The van der Waals surface area contributed by atoms with Gasteiger partial charge in [0.05, 0.1) is 11.4 Å². The van der Waals surface area contributed by atoms with Crippen LogP contribution < -0.4 is 0 Å². The van der Waals surface area contributed by atoms with E-state index in [0.717, 1.165) is 19.6 Å². The van der Waals surface area contributed by atoms with E-state index in [0.29, 0.717) is 6.04 Å². The van der Waals surface area contributed by atoms with Crippen LogP contribution in [0, 0.1) is 0 Å². The number of halogens is 2. The van der Waals surface area contributed by atoms with E-state index in [1.807, 2.05) is 0 Å². The van der Waals surface area contributed by atoms with E-state index in [2.05, 4.69) is 74.6 Å². The Kier molecular flexibility index (Phi) is 3.42. The van der Waals surface area contributed by atoms with Gasteiger partial charge in [-0.25, -0.2) is 0 Å². The molecule has 0 spiro atoms. The first-order valence-corrected chi connectivity index (χ1v) is 8.23. The average molecular weight is 386 g/mol. The highest BCUT2D eigenvalue weighted by Gasteiger charge is 2.35. The summed E-state index contributed by atoms with van der Waals surface area (Å²) in [7, 11) is 0. The van der Waals surface area contributed by atoms with Crippen molar-refractivity contribution in [2.45, 2.75) is 26.8 Å². The highest BCUT2D eigenvalue weighted by atomic mass is 79.9. The SMILES string of the molecule is CC1=CCN2C(=C1)C1=C(Br)C(C)=C(Br)CN1CC2C. The van der Waals surface area contributed by atoms with Gasteiger partial charge in [0.25, 0.3) is 0 Å². The third-order valence-corrected chi connectivity index (χ3v) is 5.95. The Balaban J connectivity index is 2.15. The molecule has 0 aliphatic carbocycles. The van der Waals surface area contributed by atoms with Gasteiger partial charge in [-0.05, 0) is 48.4 Å². The number of hydrogen-bond donors (Lipinski definition) is 0. The van der Waals surface area contributed by atoms with Crippen LogP contribution in [0.4, 0.5) is 0 Å². The van der Waals surface area contributed by atoms with Gasteiger partial charge in [0.15, 0.2) is 0 Å². The predicted octanol–water partition coefficient (Wildman–Crippen LogP) is 4.13. The van der Waals surface area contributed by atoms with Crippen molar-refractivity contribution < 1.29 is 0 Å². The monoisotopic (exact) mass is 384 g/mol. The zero-order chi connectivity index (χ0) is 13.7. The first-order chi connectivity index (χ1) is 8.99. The Labute approximate surface area is 131 Å². The summed E-state index contributed by atoms with van der Waals surface area (Å²) < 4.78 is 2.51. The molecule has 0 aromatic rings. The molecule has 4 heteroatoms. The normalized spacial score (nSPS) is 27.1. The summed E-state index contributed by atoms with van der Waals surface area (Å²) in [4.78, 5) is 4.99. The van der Waals surface area contributed by atoms with Crippen LogP contribution in [0.25, 0.3) is 0 Å². The van der Waals surface area contributed by atoms with E-state index in [9.17, 15) is 0 Å². The molecule has 1 atom stereocenters. The summed E-state index contributed by atoms with van der Waals surface area (Å²) in [6, 6.07) is 0.554. The number of fused-ring (bicyclic) bond motifs is 3. The van der Waals surface area contributed by atoms with Crippen LogP contribution in [0.15, 0.2) is 43.7 Å². The topological polar surface area (TPSA) is 6.48 Å². The second-order valence-corrected chi connectivity index (χ2v) is 7.30. The maximum atomic E-state index is 3.80. The second-order valence-electron chi connectivity index (χ2n) is 5.55. The van der Waals surface area contributed by atoms with E-state index >= 15 is 0 Å². The molecule has 3 heterocycles. The van der Waals surface area contributed by atoms with Gasteiger partial charge in [-0.2, -0.15) is 0 Å². The Hall–Kier alpha value is -0.480. The Morgan fingerprint density at radius 2 is 2.00 bits per heavy atom. The molecule has 0 bridgehead atoms. The Morgan fingerprint density at radius 3 is 2.74 bits per heavy atom. The van der Waals surface area contributed by atoms with Gasteiger partial charge < -0.3 is 9.80 Å². The minimum absolute atomic E-state index is 0.554. The van der Waals surface area contributed by atoms with Crippen molar-refractivity contribution in [1.29, 1.82) is 0 Å². The van der Waals surface area contributed by atoms with Gasteiger partial charge in [0, 0.05) is 34.6 Å². The number of rotatable bonds is 0. The molecule has 3 rings (SSSR count). The average Bonchev–Trinajstić information content (AvgIpc) is 2.35. The van der Waals surface area contributed by atoms with Crippen LogP contribution >= 0.6 is 31.9 Å². The summed E-state index contributed by atoms with van der Waals surface area (Å²) in [6.07, 6.45) is 4.63. The molecular formula is C15H18Br2N2. The molecule has 0 amide bonds. The molecule has 0 saturated carbocycles. The molecule has 0 N–H and O–H groups in total. The summed E-state index contributed by atoms with van der Waals surface area (Å²) in [5, 5.41) is 0. The van der Waals surface area contributed by atoms with Crippen molar-refractivity contribution in [3.63, 3.8) is 0 Å². The highest BCUT2D eigenvalue weighted by molar-refractivity contribution is 9.12. The fourth-order valence-electron chi connectivity index (χ4n) is 2.97. The molecule has 102 valence electrons. The van der Waals surface area contributed by atoms with Crippen molar-refractivity contribution >= 4 is 31.9 Å². The quantitative estimate of drug-likeness (QED) is 0.618. The summed E-state index contributed by atoms with van der Waals surface area (Å²) >= 11 is 7.51. The number of allylic oxidation sites excluding steroid dienone is 4. The van der Waals surface area contributed by atoms with E-state index in [4.69, 9.17) is 0 Å². The van der Waals surface area contributed by atoms with Crippen molar-refractivity contribution in [2.24, 2.45) is 0 Å². The lowest BCUT2D eigenvalue weighted by Crippen LogP contribution is -2.51. The van der Waals surface area contributed by atoms with Crippen LogP contribution in [-0.4, -0.2) is 35.5 Å². The molecule has 3 aliphatic rings. The van der Waals surface area contributed by atoms with Crippen molar-refractivity contribution in [3.8, 4) is 0 Å². The standard InChI is InChI=1S/C15H18Br2N2/c1-9-4-5-19-10(2)7-18-8-12(16)11(3)14(17)15(18)13(19)6-9/h4,6,10H,5,7-8H2,1-3H3. The highest BCUT2D eigenvalue weighted by Crippen LogP contribution is 2.42. The molecule has 0 radical (unpaired) electrons. The van der Waals surface area contributed by atoms with Gasteiger partial charge in [-0.1, -0.05) is 27.6 Å². The lowest BCUT2D eigenvalue weighted by atomic mass is 9.98. The van der Waals surface area contributed by atoms with Crippen LogP contribution in [0.1, 0.15) is 20.8 Å².